The van der Waals surface area contributed by atoms with Crippen LogP contribution in [0.15, 0.2) is 59.4 Å². The van der Waals surface area contributed by atoms with E-state index in [1.807, 2.05) is 6.07 Å². The summed E-state index contributed by atoms with van der Waals surface area (Å²) in [5, 5.41) is 2.86. The number of amides is 2. The molecule has 0 unspecified atom stereocenters. The highest BCUT2D eigenvalue weighted by molar-refractivity contribution is 6.05. The van der Waals surface area contributed by atoms with Crippen LogP contribution >= 0.6 is 0 Å². The van der Waals surface area contributed by atoms with Gasteiger partial charge in [-0.1, -0.05) is 12.1 Å². The Balaban J connectivity index is 1.51. The molecule has 1 aliphatic rings. The van der Waals surface area contributed by atoms with Crippen LogP contribution in [0.5, 0.6) is 0 Å². The summed E-state index contributed by atoms with van der Waals surface area (Å²) in [7, 11) is 0. The Labute approximate surface area is 167 Å². The van der Waals surface area contributed by atoms with Gasteiger partial charge in [0.25, 0.3) is 11.5 Å². The third-order valence-electron chi connectivity index (χ3n) is 4.78. The summed E-state index contributed by atoms with van der Waals surface area (Å²) in [5.74, 6) is 0.305. The first-order valence-electron chi connectivity index (χ1n) is 9.40. The zero-order valence-corrected chi connectivity index (χ0v) is 15.9. The number of rotatable bonds is 4. The van der Waals surface area contributed by atoms with Gasteiger partial charge in [0.2, 0.25) is 5.91 Å². The van der Waals surface area contributed by atoms with Gasteiger partial charge in [-0.25, -0.2) is 4.98 Å². The molecule has 1 fully saturated rings. The summed E-state index contributed by atoms with van der Waals surface area (Å²) in [6.07, 6.45) is 1.43. The molecule has 1 aliphatic heterocycles. The van der Waals surface area contributed by atoms with Crippen molar-refractivity contribution in [3.63, 3.8) is 0 Å². The highest BCUT2D eigenvalue weighted by Gasteiger charge is 2.21. The highest BCUT2D eigenvalue weighted by Crippen LogP contribution is 2.23. The number of hydrogen-bond donors (Lipinski definition) is 2. The molecule has 7 nitrogen and oxygen atoms in total. The Morgan fingerprint density at radius 3 is 2.59 bits per heavy atom. The molecule has 2 heterocycles. The van der Waals surface area contributed by atoms with Crippen LogP contribution in [0.25, 0.3) is 11.4 Å². The molecule has 2 N–H and O–H groups in total. The summed E-state index contributed by atoms with van der Waals surface area (Å²) in [5.41, 5.74) is 2.99. The second-order valence-corrected chi connectivity index (χ2v) is 6.97. The van der Waals surface area contributed by atoms with Crippen LogP contribution in [0, 0.1) is 6.92 Å². The van der Waals surface area contributed by atoms with E-state index >= 15 is 0 Å². The van der Waals surface area contributed by atoms with Gasteiger partial charge in [-0.05, 0) is 49.7 Å². The van der Waals surface area contributed by atoms with Crippen LogP contribution < -0.4 is 15.8 Å². The molecule has 0 radical (unpaired) electrons. The van der Waals surface area contributed by atoms with Crippen molar-refractivity contribution in [2.75, 3.05) is 16.8 Å². The molecule has 0 aliphatic carbocycles. The standard InChI is InChI=1S/C22H20N4O3/c1-14-12-19(27)25-21(23-14)16-4-2-5-17(13-16)24-22(29)15-7-9-18(10-8-15)26-11-3-6-20(26)28/h2,4-5,7-10,12-13H,3,6,11H2,1H3,(H,24,29)(H,23,25,27). The Morgan fingerprint density at radius 1 is 1.10 bits per heavy atom. The number of aromatic amines is 1. The number of anilines is 2. The van der Waals surface area contributed by atoms with Gasteiger partial charge in [0.05, 0.1) is 0 Å². The van der Waals surface area contributed by atoms with Crippen LogP contribution in [-0.4, -0.2) is 28.3 Å². The van der Waals surface area contributed by atoms with Crippen molar-refractivity contribution < 1.29 is 9.59 Å². The Bertz CT molecular complexity index is 1140. The van der Waals surface area contributed by atoms with E-state index in [0.29, 0.717) is 41.3 Å². The van der Waals surface area contributed by atoms with Crippen molar-refractivity contribution in [1.29, 1.82) is 0 Å². The predicted molar refractivity (Wildman–Crippen MR) is 111 cm³/mol. The number of nitrogens with zero attached hydrogens (tertiary/aromatic N) is 2. The molecule has 2 aromatic carbocycles. The molecule has 1 saturated heterocycles. The molecule has 146 valence electrons. The third kappa shape index (κ3) is 4.08. The monoisotopic (exact) mass is 388 g/mol. The number of hydrogen-bond acceptors (Lipinski definition) is 4. The van der Waals surface area contributed by atoms with Gasteiger partial charge in [0.15, 0.2) is 0 Å². The minimum Gasteiger partial charge on any atom is -0.322 e. The van der Waals surface area contributed by atoms with Crippen LogP contribution in [0.4, 0.5) is 11.4 Å². The lowest BCUT2D eigenvalue weighted by Gasteiger charge is -2.15. The number of nitrogens with one attached hydrogen (secondary N) is 2. The van der Waals surface area contributed by atoms with E-state index in [-0.39, 0.29) is 17.4 Å². The fourth-order valence-electron chi connectivity index (χ4n) is 3.38. The first kappa shape index (κ1) is 18.6. The van der Waals surface area contributed by atoms with Gasteiger partial charge in [-0.15, -0.1) is 0 Å². The maximum Gasteiger partial charge on any atom is 0.255 e. The fourth-order valence-corrected chi connectivity index (χ4v) is 3.38. The maximum absolute atomic E-state index is 12.6. The molecule has 1 aromatic heterocycles. The quantitative estimate of drug-likeness (QED) is 0.718. The average molecular weight is 388 g/mol. The minimum atomic E-state index is -0.257. The molecular weight excluding hydrogens is 368 g/mol. The van der Waals surface area contributed by atoms with Gasteiger partial charge < -0.3 is 15.2 Å². The largest absolute Gasteiger partial charge is 0.322 e. The highest BCUT2D eigenvalue weighted by atomic mass is 16.2. The Kier molecular flexibility index (Phi) is 4.95. The topological polar surface area (TPSA) is 95.2 Å². The number of aromatic nitrogens is 2. The van der Waals surface area contributed by atoms with Gasteiger partial charge in [0, 0.05) is 47.2 Å². The van der Waals surface area contributed by atoms with Gasteiger partial charge in [-0.2, -0.15) is 0 Å². The van der Waals surface area contributed by atoms with Crippen LogP contribution in [0.3, 0.4) is 0 Å². The number of benzene rings is 2. The van der Waals surface area contributed by atoms with E-state index in [1.165, 1.54) is 6.07 Å². The summed E-state index contributed by atoms with van der Waals surface area (Å²) in [6.45, 7) is 2.47. The summed E-state index contributed by atoms with van der Waals surface area (Å²) >= 11 is 0. The molecule has 0 spiro atoms. The summed E-state index contributed by atoms with van der Waals surface area (Å²) in [4.78, 5) is 44.9. The minimum absolute atomic E-state index is 0.113. The van der Waals surface area contributed by atoms with Crippen LogP contribution in [0.1, 0.15) is 28.9 Å². The van der Waals surface area contributed by atoms with E-state index in [2.05, 4.69) is 15.3 Å². The van der Waals surface area contributed by atoms with Crippen molar-refractivity contribution in [1.82, 2.24) is 9.97 Å². The number of carbonyl (C=O) groups excluding carboxylic acids is 2. The molecule has 3 aromatic rings. The normalized spacial score (nSPS) is 13.6. The molecule has 0 bridgehead atoms. The van der Waals surface area contributed by atoms with Crippen molar-refractivity contribution in [3.8, 4) is 11.4 Å². The molecule has 0 saturated carbocycles. The zero-order valence-electron chi connectivity index (χ0n) is 15.9. The lowest BCUT2D eigenvalue weighted by atomic mass is 10.1. The second kappa shape index (κ2) is 7.71. The fraction of sp³-hybridized carbons (Fsp3) is 0.182. The number of aryl methyl sites for hydroxylation is 1. The van der Waals surface area contributed by atoms with E-state index in [1.54, 1.807) is 54.3 Å². The smallest absolute Gasteiger partial charge is 0.255 e. The third-order valence-corrected chi connectivity index (χ3v) is 4.78. The van der Waals surface area contributed by atoms with Gasteiger partial charge in [-0.3, -0.25) is 14.4 Å². The number of H-pyrrole nitrogens is 1. The predicted octanol–water partition coefficient (Wildman–Crippen LogP) is 3.12. The molecule has 29 heavy (non-hydrogen) atoms. The van der Waals surface area contributed by atoms with E-state index in [9.17, 15) is 14.4 Å². The van der Waals surface area contributed by atoms with E-state index in [4.69, 9.17) is 0 Å². The summed E-state index contributed by atoms with van der Waals surface area (Å²) in [6, 6.07) is 15.5. The first-order valence-corrected chi connectivity index (χ1v) is 9.40. The maximum atomic E-state index is 12.6. The lowest BCUT2D eigenvalue weighted by Crippen LogP contribution is -2.23. The molecule has 4 rings (SSSR count). The molecule has 2 amide bonds. The molecule has 7 heteroatoms. The SMILES string of the molecule is Cc1cc(=O)[nH]c(-c2cccc(NC(=O)c3ccc(N4CCCC4=O)cc3)c2)n1. The lowest BCUT2D eigenvalue weighted by molar-refractivity contribution is -0.117. The van der Waals surface area contributed by atoms with Crippen LogP contribution in [-0.2, 0) is 4.79 Å². The van der Waals surface area contributed by atoms with Gasteiger partial charge >= 0.3 is 0 Å². The van der Waals surface area contributed by atoms with Crippen molar-refractivity contribution in [3.05, 3.63) is 76.2 Å². The van der Waals surface area contributed by atoms with Crippen molar-refractivity contribution in [2.45, 2.75) is 19.8 Å². The van der Waals surface area contributed by atoms with Gasteiger partial charge in [0.1, 0.15) is 5.82 Å². The average Bonchev–Trinajstić information content (AvgIpc) is 3.13. The van der Waals surface area contributed by atoms with E-state index in [0.717, 1.165) is 12.1 Å². The van der Waals surface area contributed by atoms with E-state index < -0.39 is 0 Å². The zero-order chi connectivity index (χ0) is 20.4. The molecule has 0 atom stereocenters. The Hall–Kier alpha value is -3.74. The van der Waals surface area contributed by atoms with Crippen molar-refractivity contribution in [2.24, 2.45) is 0 Å². The number of carbonyl (C=O) groups is 2. The Morgan fingerprint density at radius 2 is 1.90 bits per heavy atom. The van der Waals surface area contributed by atoms with Crippen LogP contribution in [0.2, 0.25) is 0 Å². The molecular formula is C22H20N4O3. The second-order valence-electron chi connectivity index (χ2n) is 6.97. The summed E-state index contributed by atoms with van der Waals surface area (Å²) < 4.78 is 0. The first-order chi connectivity index (χ1) is 14.0. The van der Waals surface area contributed by atoms with Crippen molar-refractivity contribution >= 4 is 23.2 Å².